The molecule has 0 atom stereocenters. The number of halogens is 1. The lowest BCUT2D eigenvalue weighted by molar-refractivity contribution is 0.282. The van der Waals surface area contributed by atoms with E-state index in [1.54, 1.807) is 0 Å². The van der Waals surface area contributed by atoms with Crippen LogP contribution in [0.3, 0.4) is 0 Å². The number of fused-ring (bicyclic) bond motifs is 6. The van der Waals surface area contributed by atoms with Gasteiger partial charge < -0.3 is 25.7 Å². The summed E-state index contributed by atoms with van der Waals surface area (Å²) in [5.41, 5.74) is 7.16. The first-order valence-corrected chi connectivity index (χ1v) is 12.1. The van der Waals surface area contributed by atoms with E-state index in [0.717, 1.165) is 94.2 Å². The molecule has 34 heavy (non-hydrogen) atoms. The third-order valence-corrected chi connectivity index (χ3v) is 6.81. The lowest BCUT2D eigenvalue weighted by atomic mass is 10.0. The van der Waals surface area contributed by atoms with Gasteiger partial charge in [0.15, 0.2) is 0 Å². The number of aromatic nitrogens is 2. The highest BCUT2D eigenvalue weighted by molar-refractivity contribution is 6.17. The summed E-state index contributed by atoms with van der Waals surface area (Å²) in [5, 5.41) is 17.8. The van der Waals surface area contributed by atoms with Crippen LogP contribution in [0.4, 0.5) is 11.4 Å². The Bertz CT molecular complexity index is 1380. The summed E-state index contributed by atoms with van der Waals surface area (Å²) in [5.74, 6) is 0.461. The molecule has 8 heteroatoms. The van der Waals surface area contributed by atoms with Gasteiger partial charge in [-0.15, -0.1) is 11.6 Å². The van der Waals surface area contributed by atoms with E-state index in [-0.39, 0.29) is 17.7 Å². The van der Waals surface area contributed by atoms with Crippen molar-refractivity contribution >= 4 is 44.8 Å². The first kappa shape index (κ1) is 22.5. The molecule has 0 fully saturated rings. The minimum absolute atomic E-state index is 0.0114. The number of anilines is 2. The van der Waals surface area contributed by atoms with E-state index >= 15 is 0 Å². The minimum Gasteiger partial charge on any atom is -0.392 e. The number of rotatable bonds is 2. The Balaban J connectivity index is 0.000000142. The highest BCUT2D eigenvalue weighted by Crippen LogP contribution is 2.29. The molecule has 0 bridgehead atoms. The molecule has 5 N–H and O–H groups in total. The van der Waals surface area contributed by atoms with E-state index in [0.29, 0.717) is 5.88 Å². The molecule has 2 aliphatic rings. The minimum atomic E-state index is -0.0187. The first-order chi connectivity index (χ1) is 16.6. The van der Waals surface area contributed by atoms with Gasteiger partial charge in [0.2, 0.25) is 0 Å². The Morgan fingerprint density at radius 3 is 1.76 bits per heavy atom. The van der Waals surface area contributed by atoms with Crippen LogP contribution >= 0.6 is 11.6 Å². The van der Waals surface area contributed by atoms with Gasteiger partial charge in [0, 0.05) is 40.9 Å². The monoisotopic (exact) mass is 478 g/mol. The number of aliphatic hydroxyl groups is 1. The predicted molar refractivity (Wildman–Crippen MR) is 138 cm³/mol. The molecular weight excluding hydrogens is 452 g/mol. The molecule has 0 unspecified atom stereocenters. The highest BCUT2D eigenvalue weighted by atomic mass is 35.5. The summed E-state index contributed by atoms with van der Waals surface area (Å²) in [7, 11) is 0. The van der Waals surface area contributed by atoms with Crippen LogP contribution in [0.2, 0.25) is 0 Å². The first-order valence-electron chi connectivity index (χ1n) is 11.6. The smallest absolute Gasteiger partial charge is 0.253 e. The van der Waals surface area contributed by atoms with Crippen molar-refractivity contribution in [1.82, 2.24) is 9.97 Å². The predicted octanol–water partition coefficient (Wildman–Crippen LogP) is 4.00. The fraction of sp³-hybridized carbons (Fsp3) is 0.308. The van der Waals surface area contributed by atoms with Crippen LogP contribution in [0.1, 0.15) is 35.1 Å². The number of hydrogen-bond donors (Lipinski definition) is 5. The molecule has 2 aliphatic heterocycles. The molecule has 0 spiro atoms. The largest absolute Gasteiger partial charge is 0.392 e. The molecule has 7 nitrogen and oxygen atoms in total. The van der Waals surface area contributed by atoms with Crippen molar-refractivity contribution < 1.29 is 5.11 Å². The molecular formula is C26H27ClN4O3. The van der Waals surface area contributed by atoms with E-state index in [2.05, 4.69) is 20.6 Å². The van der Waals surface area contributed by atoms with Gasteiger partial charge in [-0.3, -0.25) is 9.59 Å². The summed E-state index contributed by atoms with van der Waals surface area (Å²) in [6.07, 6.45) is 3.69. The average molecular weight is 479 g/mol. The standard InChI is InChI=1S/C13H13ClN2O.C13H14N2O2/c14-7-8-3-4-9-11(6-8)16-13(17)10-2-1-5-15-12(9)10;16-7-8-3-4-9-11(6-8)15-13(17)10-2-1-5-14-12(9)10/h3-4,6,15H,1-2,5,7H2,(H,16,17);3-4,6,14,16H,1-2,5,7H2,(H,15,17). The van der Waals surface area contributed by atoms with Crippen LogP contribution in [0.15, 0.2) is 46.0 Å². The van der Waals surface area contributed by atoms with Gasteiger partial charge in [0.05, 0.1) is 29.0 Å². The SMILES string of the molecule is O=c1[nH]c2cc(CCl)ccc2c2c1CCCN2.O=c1[nH]c2cc(CO)ccc2c2c1CCCN2. The maximum Gasteiger partial charge on any atom is 0.253 e. The molecule has 2 aromatic heterocycles. The van der Waals surface area contributed by atoms with Gasteiger partial charge in [0.25, 0.3) is 11.1 Å². The Morgan fingerprint density at radius 2 is 1.26 bits per heavy atom. The molecule has 4 aromatic rings. The molecule has 0 amide bonds. The quantitative estimate of drug-likeness (QED) is 0.280. The van der Waals surface area contributed by atoms with Crippen molar-refractivity contribution in [2.45, 2.75) is 38.2 Å². The van der Waals surface area contributed by atoms with Gasteiger partial charge in [-0.25, -0.2) is 0 Å². The lowest BCUT2D eigenvalue weighted by Crippen LogP contribution is -2.22. The Kier molecular flexibility index (Phi) is 6.30. The second kappa shape index (κ2) is 9.52. The maximum absolute atomic E-state index is 11.9. The average Bonchev–Trinajstić information content (AvgIpc) is 2.89. The Morgan fingerprint density at radius 1 is 0.765 bits per heavy atom. The fourth-order valence-corrected chi connectivity index (χ4v) is 4.96. The number of hydrogen-bond acceptors (Lipinski definition) is 5. The van der Waals surface area contributed by atoms with Crippen LogP contribution in [0.5, 0.6) is 0 Å². The van der Waals surface area contributed by atoms with Gasteiger partial charge in [0.1, 0.15) is 0 Å². The zero-order chi connectivity index (χ0) is 23.7. The zero-order valence-corrected chi connectivity index (χ0v) is 19.5. The summed E-state index contributed by atoms with van der Waals surface area (Å²) in [6.45, 7) is 1.83. The summed E-state index contributed by atoms with van der Waals surface area (Å²) in [6, 6.07) is 11.6. The van der Waals surface area contributed by atoms with E-state index in [1.807, 2.05) is 36.4 Å². The third kappa shape index (κ3) is 4.17. The van der Waals surface area contributed by atoms with Gasteiger partial charge in [-0.1, -0.05) is 24.3 Å². The number of nitrogens with one attached hydrogen (secondary N) is 4. The molecule has 0 saturated heterocycles. The topological polar surface area (TPSA) is 110 Å². The van der Waals surface area contributed by atoms with E-state index < -0.39 is 0 Å². The summed E-state index contributed by atoms with van der Waals surface area (Å²) >= 11 is 5.80. The number of aromatic amines is 2. The van der Waals surface area contributed by atoms with Crippen molar-refractivity contribution in [2.24, 2.45) is 0 Å². The normalized spacial score (nSPS) is 14.4. The van der Waals surface area contributed by atoms with Gasteiger partial charge in [-0.2, -0.15) is 0 Å². The van der Waals surface area contributed by atoms with Crippen LogP contribution in [0, 0.1) is 0 Å². The highest BCUT2D eigenvalue weighted by Gasteiger charge is 2.17. The second-order valence-electron chi connectivity index (χ2n) is 8.73. The molecule has 6 rings (SSSR count). The van der Waals surface area contributed by atoms with Crippen molar-refractivity contribution in [3.63, 3.8) is 0 Å². The van der Waals surface area contributed by atoms with Crippen molar-refractivity contribution in [2.75, 3.05) is 23.7 Å². The summed E-state index contributed by atoms with van der Waals surface area (Å²) in [4.78, 5) is 29.7. The Labute approximate surface area is 201 Å². The molecule has 0 radical (unpaired) electrons. The van der Waals surface area contributed by atoms with Gasteiger partial charge in [-0.05, 0) is 48.9 Å². The molecule has 2 aromatic carbocycles. The molecule has 4 heterocycles. The number of pyridine rings is 2. The van der Waals surface area contributed by atoms with Crippen LogP contribution < -0.4 is 21.8 Å². The third-order valence-electron chi connectivity index (χ3n) is 6.50. The van der Waals surface area contributed by atoms with E-state index in [9.17, 15) is 9.59 Å². The van der Waals surface area contributed by atoms with Gasteiger partial charge >= 0.3 is 0 Å². The lowest BCUT2D eigenvalue weighted by Gasteiger charge is -2.19. The van der Waals surface area contributed by atoms with Crippen molar-refractivity contribution in [3.05, 3.63) is 79.4 Å². The number of benzene rings is 2. The van der Waals surface area contributed by atoms with Crippen LogP contribution in [-0.2, 0) is 25.3 Å². The fourth-order valence-electron chi connectivity index (χ4n) is 4.79. The summed E-state index contributed by atoms with van der Waals surface area (Å²) < 4.78 is 0. The van der Waals surface area contributed by atoms with Crippen LogP contribution in [-0.4, -0.2) is 28.2 Å². The zero-order valence-electron chi connectivity index (χ0n) is 18.8. The second-order valence-corrected chi connectivity index (χ2v) is 8.99. The van der Waals surface area contributed by atoms with E-state index in [4.69, 9.17) is 16.7 Å². The van der Waals surface area contributed by atoms with Crippen molar-refractivity contribution in [1.29, 1.82) is 0 Å². The Hall–Kier alpha value is -3.29. The number of H-pyrrole nitrogens is 2. The van der Waals surface area contributed by atoms with Crippen LogP contribution in [0.25, 0.3) is 21.8 Å². The number of aliphatic hydroxyl groups excluding tert-OH is 1. The maximum atomic E-state index is 11.9. The molecule has 176 valence electrons. The molecule has 0 aliphatic carbocycles. The molecule has 0 saturated carbocycles. The van der Waals surface area contributed by atoms with Crippen molar-refractivity contribution in [3.8, 4) is 0 Å². The number of alkyl halides is 1. The van der Waals surface area contributed by atoms with E-state index in [1.165, 1.54) is 0 Å².